The first-order valence-corrected chi connectivity index (χ1v) is 3.08. The molecule has 0 aromatic carbocycles. The van der Waals surface area contributed by atoms with E-state index in [2.05, 4.69) is 10.3 Å². The zero-order valence-electron chi connectivity index (χ0n) is 5.56. The van der Waals surface area contributed by atoms with E-state index in [1.807, 2.05) is 0 Å². The second-order valence-corrected chi connectivity index (χ2v) is 2.37. The minimum absolute atomic E-state index is 0.501. The summed E-state index contributed by atoms with van der Waals surface area (Å²) in [7, 11) is 0. The average molecular weight is 149 g/mol. The molecule has 0 bridgehead atoms. The first-order chi connectivity index (χ1) is 4.63. The molecule has 0 aliphatic carbocycles. The average Bonchev–Trinajstić information content (AvgIpc) is 1.93. The van der Waals surface area contributed by atoms with Gasteiger partial charge in [0.25, 0.3) is 0 Å². The smallest absolute Gasteiger partial charge is 0.155 e. The van der Waals surface area contributed by atoms with E-state index in [4.69, 9.17) is 15.3 Å². The molecule has 5 heteroatoms. The van der Waals surface area contributed by atoms with E-state index in [1.54, 1.807) is 6.92 Å². The molecule has 0 radical (unpaired) electrons. The minimum Gasteiger partial charge on any atom is -0.387 e. The third kappa shape index (κ3) is 1.28. The number of aliphatic hydroxyl groups excluding tert-OH is 3. The number of nitrogens with one attached hydrogen (secondary N) is 1. The van der Waals surface area contributed by atoms with Crippen LogP contribution in [0.1, 0.15) is 6.92 Å². The molecular weight excluding hydrogens is 138 g/mol. The van der Waals surface area contributed by atoms with Crippen LogP contribution in [0.3, 0.4) is 0 Å². The number of hydrogen-bond acceptors (Lipinski definition) is 5. The van der Waals surface area contributed by atoms with Crippen molar-refractivity contribution in [2.24, 2.45) is 0 Å². The third-order valence-electron chi connectivity index (χ3n) is 1.53. The highest BCUT2D eigenvalue weighted by atomic mass is 16.7. The Labute approximate surface area is 58.2 Å². The molecule has 0 aromatic rings. The van der Waals surface area contributed by atoms with Crippen molar-refractivity contribution >= 4 is 0 Å². The summed E-state index contributed by atoms with van der Waals surface area (Å²) in [5.41, 5.74) is 2.16. The van der Waals surface area contributed by atoms with E-state index in [0.29, 0.717) is 0 Å². The van der Waals surface area contributed by atoms with E-state index in [1.165, 1.54) is 0 Å². The van der Waals surface area contributed by atoms with Crippen LogP contribution in [0.5, 0.6) is 0 Å². The minimum atomic E-state index is -1.20. The van der Waals surface area contributed by atoms with Gasteiger partial charge >= 0.3 is 0 Å². The van der Waals surface area contributed by atoms with Gasteiger partial charge in [-0.25, -0.2) is 0 Å². The Bertz CT molecular complexity index is 106. The zero-order chi connectivity index (χ0) is 7.72. The van der Waals surface area contributed by atoms with Crippen molar-refractivity contribution in [3.63, 3.8) is 0 Å². The predicted octanol–water partition coefficient (Wildman–Crippen LogP) is -2.05. The lowest BCUT2D eigenvalue weighted by Gasteiger charge is -2.33. The van der Waals surface area contributed by atoms with Crippen LogP contribution < -0.4 is 5.48 Å². The Morgan fingerprint density at radius 3 is 2.30 bits per heavy atom. The summed E-state index contributed by atoms with van der Waals surface area (Å²) in [5, 5.41) is 26.8. The van der Waals surface area contributed by atoms with Crippen LogP contribution in [-0.4, -0.2) is 39.9 Å². The summed E-state index contributed by atoms with van der Waals surface area (Å²) in [6.45, 7) is 1.59. The molecule has 0 saturated carbocycles. The summed E-state index contributed by atoms with van der Waals surface area (Å²) in [4.78, 5) is 4.66. The van der Waals surface area contributed by atoms with Crippen LogP contribution >= 0.6 is 0 Å². The second-order valence-electron chi connectivity index (χ2n) is 2.37. The normalized spacial score (nSPS) is 49.2. The lowest BCUT2D eigenvalue weighted by molar-refractivity contribution is -0.231. The third-order valence-corrected chi connectivity index (χ3v) is 1.53. The van der Waals surface area contributed by atoms with E-state index >= 15 is 0 Å². The molecule has 1 aliphatic heterocycles. The Kier molecular flexibility index (Phi) is 2.22. The summed E-state index contributed by atoms with van der Waals surface area (Å²) >= 11 is 0. The van der Waals surface area contributed by atoms with E-state index in [-0.39, 0.29) is 0 Å². The van der Waals surface area contributed by atoms with Crippen molar-refractivity contribution in [2.45, 2.75) is 31.5 Å². The molecule has 60 valence electrons. The summed E-state index contributed by atoms with van der Waals surface area (Å²) in [6, 6.07) is 0. The SMILES string of the molecule is CC1ONC(O)C(O)C1O. The predicted molar refractivity (Wildman–Crippen MR) is 31.7 cm³/mol. The van der Waals surface area contributed by atoms with Crippen molar-refractivity contribution in [3.8, 4) is 0 Å². The molecule has 0 spiro atoms. The van der Waals surface area contributed by atoms with Crippen molar-refractivity contribution in [1.29, 1.82) is 0 Å². The lowest BCUT2D eigenvalue weighted by Crippen LogP contribution is -2.57. The van der Waals surface area contributed by atoms with Crippen molar-refractivity contribution in [1.82, 2.24) is 5.48 Å². The molecule has 0 aromatic heterocycles. The Morgan fingerprint density at radius 2 is 1.80 bits per heavy atom. The molecule has 0 amide bonds. The van der Waals surface area contributed by atoms with Gasteiger partial charge < -0.3 is 15.3 Å². The molecule has 4 unspecified atom stereocenters. The van der Waals surface area contributed by atoms with Gasteiger partial charge in [-0.3, -0.25) is 4.84 Å². The fourth-order valence-electron chi connectivity index (χ4n) is 0.781. The fourth-order valence-corrected chi connectivity index (χ4v) is 0.781. The van der Waals surface area contributed by atoms with E-state index in [0.717, 1.165) is 0 Å². The molecule has 1 aliphatic rings. The van der Waals surface area contributed by atoms with Gasteiger partial charge in [-0.15, -0.1) is 0 Å². The highest BCUT2D eigenvalue weighted by molar-refractivity contribution is 4.80. The molecule has 4 N–H and O–H groups in total. The van der Waals surface area contributed by atoms with E-state index < -0.39 is 24.5 Å². The largest absolute Gasteiger partial charge is 0.387 e. The van der Waals surface area contributed by atoms with Gasteiger partial charge in [0.15, 0.2) is 6.23 Å². The number of aliphatic hydroxyl groups is 3. The van der Waals surface area contributed by atoms with Gasteiger partial charge in [-0.1, -0.05) is 0 Å². The van der Waals surface area contributed by atoms with Crippen LogP contribution in [-0.2, 0) is 4.84 Å². The first-order valence-electron chi connectivity index (χ1n) is 3.08. The maximum absolute atomic E-state index is 9.04. The zero-order valence-corrected chi connectivity index (χ0v) is 5.56. The Morgan fingerprint density at radius 1 is 1.20 bits per heavy atom. The van der Waals surface area contributed by atoms with Gasteiger partial charge in [0.1, 0.15) is 18.3 Å². The van der Waals surface area contributed by atoms with Gasteiger partial charge in [-0.05, 0) is 6.92 Å². The second kappa shape index (κ2) is 2.81. The Balaban J connectivity index is 2.52. The molecule has 1 fully saturated rings. The van der Waals surface area contributed by atoms with Gasteiger partial charge in [0, 0.05) is 0 Å². The number of hydrogen-bond donors (Lipinski definition) is 4. The monoisotopic (exact) mass is 149 g/mol. The van der Waals surface area contributed by atoms with Gasteiger partial charge in [-0.2, -0.15) is 5.48 Å². The van der Waals surface area contributed by atoms with Crippen LogP contribution in [0.15, 0.2) is 0 Å². The van der Waals surface area contributed by atoms with Crippen LogP contribution in [0.25, 0.3) is 0 Å². The molecular formula is C5H11NO4. The molecule has 1 heterocycles. The van der Waals surface area contributed by atoms with E-state index in [9.17, 15) is 0 Å². The molecule has 5 nitrogen and oxygen atoms in total. The maximum Gasteiger partial charge on any atom is 0.155 e. The van der Waals surface area contributed by atoms with Crippen molar-refractivity contribution < 1.29 is 20.2 Å². The highest BCUT2D eigenvalue weighted by Gasteiger charge is 2.34. The lowest BCUT2D eigenvalue weighted by atomic mass is 10.1. The fraction of sp³-hybridized carbons (Fsp3) is 1.00. The quantitative estimate of drug-likeness (QED) is 0.319. The van der Waals surface area contributed by atoms with Crippen LogP contribution in [0.4, 0.5) is 0 Å². The number of rotatable bonds is 0. The summed E-state index contributed by atoms with van der Waals surface area (Å²) in [5.74, 6) is 0. The first kappa shape index (κ1) is 7.90. The standard InChI is InChI=1S/C5H11NO4/c1-2-3(7)4(8)5(9)6-10-2/h2-9H,1H3. The molecule has 1 saturated heterocycles. The van der Waals surface area contributed by atoms with Crippen molar-refractivity contribution in [3.05, 3.63) is 0 Å². The molecule has 1 rings (SSSR count). The van der Waals surface area contributed by atoms with Crippen molar-refractivity contribution in [2.75, 3.05) is 0 Å². The molecule has 10 heavy (non-hydrogen) atoms. The van der Waals surface area contributed by atoms with Gasteiger partial charge in [0.05, 0.1) is 0 Å². The van der Waals surface area contributed by atoms with Gasteiger partial charge in [0.2, 0.25) is 0 Å². The topological polar surface area (TPSA) is 82.0 Å². The van der Waals surface area contributed by atoms with Crippen LogP contribution in [0, 0.1) is 0 Å². The Hall–Kier alpha value is -0.200. The number of hydroxylamine groups is 1. The van der Waals surface area contributed by atoms with Crippen LogP contribution in [0.2, 0.25) is 0 Å². The molecule has 4 atom stereocenters. The summed E-state index contributed by atoms with van der Waals surface area (Å²) in [6.07, 6.45) is -3.91. The maximum atomic E-state index is 9.04. The summed E-state index contributed by atoms with van der Waals surface area (Å²) < 4.78 is 0. The highest BCUT2D eigenvalue weighted by Crippen LogP contribution is 2.10.